The monoisotopic (exact) mass is 456 g/mol. The van der Waals surface area contributed by atoms with Gasteiger partial charge in [0.2, 0.25) is 5.91 Å². The Labute approximate surface area is 181 Å². The average molecular weight is 456 g/mol. The first-order chi connectivity index (χ1) is 15.0. The second kappa shape index (κ2) is 9.53. The van der Waals surface area contributed by atoms with E-state index in [4.69, 9.17) is 0 Å². The summed E-state index contributed by atoms with van der Waals surface area (Å²) in [5.74, 6) is -2.66. The summed E-state index contributed by atoms with van der Waals surface area (Å²) in [6.45, 7) is 3.08. The van der Waals surface area contributed by atoms with Gasteiger partial charge in [-0.05, 0) is 24.8 Å². The molecule has 1 atom stereocenters. The number of likely N-dealkylation sites (tertiary alicyclic amines) is 1. The Hall–Kier alpha value is -3.18. The van der Waals surface area contributed by atoms with Crippen LogP contribution in [-0.4, -0.2) is 63.5 Å². The normalized spacial score (nSPS) is 15.2. The minimum absolute atomic E-state index is 0.0869. The summed E-state index contributed by atoms with van der Waals surface area (Å²) in [4.78, 5) is 37.3. The van der Waals surface area contributed by atoms with E-state index in [0.717, 1.165) is 19.0 Å². The smallest absolute Gasteiger partial charge is 0.356 e. The lowest BCUT2D eigenvalue weighted by Crippen LogP contribution is -2.46. The van der Waals surface area contributed by atoms with Gasteiger partial charge in [0.15, 0.2) is 17.5 Å². The van der Waals surface area contributed by atoms with Gasteiger partial charge >= 0.3 is 6.18 Å². The van der Waals surface area contributed by atoms with Crippen molar-refractivity contribution in [3.05, 3.63) is 30.0 Å². The van der Waals surface area contributed by atoms with Crippen LogP contribution in [0.1, 0.15) is 37.2 Å². The van der Waals surface area contributed by atoms with Crippen molar-refractivity contribution in [2.75, 3.05) is 25.0 Å². The average Bonchev–Trinajstić information content (AvgIpc) is 3.42. The van der Waals surface area contributed by atoms with Crippen LogP contribution in [-0.2, 0) is 4.79 Å². The Balaban J connectivity index is 1.77. The minimum Gasteiger partial charge on any atom is -0.356 e. The van der Waals surface area contributed by atoms with Crippen LogP contribution in [0.5, 0.6) is 0 Å². The molecule has 2 amide bonds. The van der Waals surface area contributed by atoms with E-state index in [9.17, 15) is 27.2 Å². The maximum atomic E-state index is 14.3. The zero-order valence-electron chi connectivity index (χ0n) is 17.6. The third-order valence-electron chi connectivity index (χ3n) is 5.01. The van der Waals surface area contributed by atoms with E-state index in [1.54, 1.807) is 30.1 Å². The fourth-order valence-electron chi connectivity index (χ4n) is 3.32. The molecule has 32 heavy (non-hydrogen) atoms. The summed E-state index contributed by atoms with van der Waals surface area (Å²) in [7, 11) is 0. The van der Waals surface area contributed by atoms with Crippen LogP contribution < -0.4 is 10.6 Å². The van der Waals surface area contributed by atoms with Crippen LogP contribution in [0.4, 0.5) is 23.4 Å². The Bertz CT molecular complexity index is 969. The van der Waals surface area contributed by atoms with E-state index in [0.29, 0.717) is 24.3 Å². The zero-order chi connectivity index (χ0) is 23.5. The maximum Gasteiger partial charge on any atom is 0.405 e. The van der Waals surface area contributed by atoms with Gasteiger partial charge in [0, 0.05) is 24.8 Å². The van der Waals surface area contributed by atoms with Crippen molar-refractivity contribution in [2.24, 2.45) is 5.92 Å². The zero-order valence-corrected chi connectivity index (χ0v) is 17.6. The molecule has 0 radical (unpaired) electrons. The molecule has 1 aliphatic rings. The number of nitrogens with zero attached hydrogens (tertiary/aromatic N) is 3. The van der Waals surface area contributed by atoms with E-state index < -0.39 is 36.4 Å². The molecule has 8 nitrogen and oxygen atoms in total. The van der Waals surface area contributed by atoms with Crippen LogP contribution in [0, 0.1) is 11.7 Å². The highest BCUT2D eigenvalue weighted by atomic mass is 19.4. The second-order valence-corrected chi connectivity index (χ2v) is 7.89. The molecular formula is C20H24F4N6O2. The summed E-state index contributed by atoms with van der Waals surface area (Å²) < 4.78 is 51.6. The van der Waals surface area contributed by atoms with Crippen LogP contribution >= 0.6 is 0 Å². The van der Waals surface area contributed by atoms with Crippen LogP contribution in [0.25, 0.3) is 11.4 Å². The minimum atomic E-state index is -4.57. The Morgan fingerprint density at radius 2 is 1.94 bits per heavy atom. The number of H-pyrrole nitrogens is 1. The molecule has 0 aliphatic carbocycles. The van der Waals surface area contributed by atoms with E-state index >= 15 is 0 Å². The largest absolute Gasteiger partial charge is 0.405 e. The van der Waals surface area contributed by atoms with Crippen molar-refractivity contribution in [1.29, 1.82) is 0 Å². The van der Waals surface area contributed by atoms with Crippen molar-refractivity contribution in [3.63, 3.8) is 0 Å². The van der Waals surface area contributed by atoms with Crippen molar-refractivity contribution >= 4 is 17.6 Å². The van der Waals surface area contributed by atoms with Gasteiger partial charge in [0.1, 0.15) is 18.3 Å². The second-order valence-electron chi connectivity index (χ2n) is 7.89. The lowest BCUT2D eigenvalue weighted by molar-refractivity contribution is -0.139. The van der Waals surface area contributed by atoms with E-state index in [-0.39, 0.29) is 17.5 Å². The van der Waals surface area contributed by atoms with E-state index in [1.807, 2.05) is 0 Å². The summed E-state index contributed by atoms with van der Waals surface area (Å²) in [5, 5.41) is 4.37. The number of nitrogens with one attached hydrogen (secondary N) is 3. The summed E-state index contributed by atoms with van der Waals surface area (Å²) in [5.41, 5.74) is 0.772. The van der Waals surface area contributed by atoms with Gasteiger partial charge in [-0.3, -0.25) is 9.59 Å². The molecule has 12 heteroatoms. The summed E-state index contributed by atoms with van der Waals surface area (Å²) in [6, 6.07) is 0.390. The van der Waals surface area contributed by atoms with Gasteiger partial charge in [-0.2, -0.15) is 13.2 Å². The third kappa shape index (κ3) is 5.74. The van der Waals surface area contributed by atoms with Crippen molar-refractivity contribution < 1.29 is 27.2 Å². The third-order valence-corrected chi connectivity index (χ3v) is 5.01. The van der Waals surface area contributed by atoms with Crippen LogP contribution in [0.3, 0.4) is 0 Å². The van der Waals surface area contributed by atoms with Crippen molar-refractivity contribution in [2.45, 2.75) is 38.9 Å². The van der Waals surface area contributed by atoms with Gasteiger partial charge in [-0.15, -0.1) is 0 Å². The number of aromatic nitrogens is 3. The number of rotatable bonds is 7. The van der Waals surface area contributed by atoms with Gasteiger partial charge in [0.25, 0.3) is 5.91 Å². The molecule has 1 aliphatic heterocycles. The molecule has 1 fully saturated rings. The maximum absolute atomic E-state index is 14.3. The number of alkyl halides is 3. The molecule has 3 heterocycles. The first kappa shape index (κ1) is 23.5. The molecule has 0 spiro atoms. The number of hydrogen-bond acceptors (Lipinski definition) is 5. The lowest BCUT2D eigenvalue weighted by Gasteiger charge is -2.23. The lowest BCUT2D eigenvalue weighted by atomic mass is 10.0. The molecule has 2 aromatic heterocycles. The Morgan fingerprint density at radius 1 is 1.25 bits per heavy atom. The molecule has 3 N–H and O–H groups in total. The highest BCUT2D eigenvalue weighted by Gasteiger charge is 2.31. The van der Waals surface area contributed by atoms with E-state index in [2.05, 4.69) is 20.3 Å². The number of aromatic amines is 1. The number of halogens is 4. The number of hydrogen-bond donors (Lipinski definition) is 3. The highest BCUT2D eigenvalue weighted by molar-refractivity contribution is 5.94. The fourth-order valence-corrected chi connectivity index (χ4v) is 3.32. The van der Waals surface area contributed by atoms with Gasteiger partial charge < -0.3 is 20.5 Å². The summed E-state index contributed by atoms with van der Waals surface area (Å²) >= 11 is 0. The molecule has 1 unspecified atom stereocenters. The topological polar surface area (TPSA) is 103 Å². The first-order valence-corrected chi connectivity index (χ1v) is 10.2. The standard InChI is InChI=1S/C20H24F4N6O2/c1-11(2)15(18(31)27-10-20(22,23)24)28-17-13(21)9-26-16(29-17)12-7-14(25-8-12)19(32)30-5-3-4-6-30/h7-9,11,15,25H,3-6,10H2,1-2H3,(H,27,31)(H,26,28,29). The van der Waals surface area contributed by atoms with Gasteiger partial charge in [0.05, 0.1) is 6.20 Å². The highest BCUT2D eigenvalue weighted by Crippen LogP contribution is 2.22. The molecule has 0 aromatic carbocycles. The number of anilines is 1. The molecular weight excluding hydrogens is 432 g/mol. The SMILES string of the molecule is CC(C)C(Nc1nc(-c2c[nH]c(C(=O)N3CCCC3)c2)ncc1F)C(=O)NCC(F)(F)F. The first-order valence-electron chi connectivity index (χ1n) is 10.2. The predicted octanol–water partition coefficient (Wildman–Crippen LogP) is 2.96. The molecule has 2 aromatic rings. The van der Waals surface area contributed by atoms with Gasteiger partial charge in [-0.25, -0.2) is 14.4 Å². The quantitative estimate of drug-likeness (QED) is 0.556. The van der Waals surface area contributed by atoms with Crippen molar-refractivity contribution in [3.8, 4) is 11.4 Å². The van der Waals surface area contributed by atoms with Crippen LogP contribution in [0.15, 0.2) is 18.5 Å². The molecule has 0 saturated carbocycles. The number of carbonyl (C=O) groups excluding carboxylic acids is 2. The Kier molecular flexibility index (Phi) is 6.99. The van der Waals surface area contributed by atoms with Crippen molar-refractivity contribution in [1.82, 2.24) is 25.2 Å². The number of carbonyl (C=O) groups is 2. The van der Waals surface area contributed by atoms with Crippen LogP contribution in [0.2, 0.25) is 0 Å². The molecule has 174 valence electrons. The predicted molar refractivity (Wildman–Crippen MR) is 108 cm³/mol. The van der Waals surface area contributed by atoms with E-state index in [1.165, 1.54) is 6.20 Å². The Morgan fingerprint density at radius 3 is 2.56 bits per heavy atom. The molecule has 1 saturated heterocycles. The number of amides is 2. The fraction of sp³-hybridized carbons (Fsp3) is 0.500. The molecule has 0 bridgehead atoms. The van der Waals surface area contributed by atoms with Gasteiger partial charge in [-0.1, -0.05) is 13.8 Å². The summed E-state index contributed by atoms with van der Waals surface area (Å²) in [6.07, 6.45) is -0.268. The molecule has 3 rings (SSSR count).